The number of rotatable bonds is 5. The fourth-order valence-corrected chi connectivity index (χ4v) is 3.79. The number of carbonyl (C=O) groups excluding carboxylic acids is 2. The molecule has 0 aromatic heterocycles. The molecule has 1 aromatic rings. The molecule has 0 spiro atoms. The minimum atomic E-state index is -0.397. The average Bonchev–Trinajstić information content (AvgIpc) is 2.76. The van der Waals surface area contributed by atoms with Gasteiger partial charge in [0.2, 0.25) is 0 Å². The summed E-state index contributed by atoms with van der Waals surface area (Å²) < 4.78 is 5.50. The highest BCUT2D eigenvalue weighted by atomic mass is 35.5. The Labute approximate surface area is 195 Å². The van der Waals surface area contributed by atoms with Crippen LogP contribution in [0.1, 0.15) is 60.2 Å². The number of amides is 1. The summed E-state index contributed by atoms with van der Waals surface area (Å²) in [5.74, 6) is -0.520. The number of allylic oxidation sites excluding steroid dienone is 3. The molecule has 0 unspecified atom stereocenters. The van der Waals surface area contributed by atoms with Crippen LogP contribution < -0.4 is 0 Å². The van der Waals surface area contributed by atoms with Gasteiger partial charge < -0.3 is 14.5 Å². The Kier molecular flexibility index (Phi) is 10.5. The van der Waals surface area contributed by atoms with Crippen molar-refractivity contribution in [2.75, 3.05) is 26.3 Å². The number of hydrogen-bond donors (Lipinski definition) is 0. The number of hydrogen-bond acceptors (Lipinski definition) is 5. The standard InChI is InChI=1S/C25H33ClN2O4/c1-5-28(6-2)22(29)17-32-27-20-13-11-9-7-8-10-12-14-31-25(30)23-18(3)15-19(4)24(26)21(23)16-20/h8,10-11,13,15H,5-7,9,12,14,16-17H2,1-4H3/b10-8+,13-11?,27-20?. The van der Waals surface area contributed by atoms with Crippen molar-refractivity contribution in [2.24, 2.45) is 5.16 Å². The van der Waals surface area contributed by atoms with E-state index in [0.29, 0.717) is 48.0 Å². The normalized spacial score (nSPS) is 17.3. The first-order valence-electron chi connectivity index (χ1n) is 11.1. The van der Waals surface area contributed by atoms with E-state index in [1.165, 1.54) is 0 Å². The number of oxime groups is 1. The van der Waals surface area contributed by atoms with Gasteiger partial charge in [-0.1, -0.05) is 41.1 Å². The second-order valence-corrected chi connectivity index (χ2v) is 8.03. The molecule has 1 aliphatic rings. The fraction of sp³-hybridized carbons (Fsp3) is 0.480. The number of benzene rings is 1. The molecule has 6 nitrogen and oxygen atoms in total. The van der Waals surface area contributed by atoms with Gasteiger partial charge in [0.1, 0.15) is 0 Å². The van der Waals surface area contributed by atoms with E-state index in [-0.39, 0.29) is 18.9 Å². The number of ether oxygens (including phenoxy) is 1. The molecule has 1 amide bonds. The van der Waals surface area contributed by atoms with Crippen LogP contribution in [0.4, 0.5) is 0 Å². The van der Waals surface area contributed by atoms with Crippen LogP contribution in [0, 0.1) is 13.8 Å². The Bertz CT molecular complexity index is 902. The molecule has 0 saturated heterocycles. The SMILES string of the molecule is CCN(CC)C(=O)CON=C1C=CCC/C=C/CCOC(=O)c2c(C)cc(C)c(Cl)c2C1. The number of likely N-dealkylation sites (N-methyl/N-ethyl adjacent to an activating group) is 1. The first kappa shape index (κ1) is 25.7. The highest BCUT2D eigenvalue weighted by Gasteiger charge is 2.22. The molecule has 1 aliphatic heterocycles. The van der Waals surface area contributed by atoms with Crippen LogP contribution in [-0.2, 0) is 20.8 Å². The Morgan fingerprint density at radius 1 is 1.12 bits per heavy atom. The van der Waals surface area contributed by atoms with E-state index in [2.05, 4.69) is 11.2 Å². The summed E-state index contributed by atoms with van der Waals surface area (Å²) in [7, 11) is 0. The molecule has 0 aliphatic carbocycles. The Hall–Kier alpha value is -2.60. The molecule has 0 N–H and O–H groups in total. The van der Waals surface area contributed by atoms with Crippen LogP contribution in [-0.4, -0.2) is 48.8 Å². The van der Waals surface area contributed by atoms with Gasteiger partial charge >= 0.3 is 5.97 Å². The molecule has 0 saturated carbocycles. The number of halogens is 1. The second-order valence-electron chi connectivity index (χ2n) is 7.65. The third-order valence-electron chi connectivity index (χ3n) is 5.28. The lowest BCUT2D eigenvalue weighted by Crippen LogP contribution is -2.33. The smallest absolute Gasteiger partial charge is 0.338 e. The molecule has 7 heteroatoms. The number of carbonyl (C=O) groups is 2. The second kappa shape index (κ2) is 13.1. The van der Waals surface area contributed by atoms with Crippen LogP contribution in [0.25, 0.3) is 0 Å². The summed E-state index contributed by atoms with van der Waals surface area (Å²) in [5, 5.41) is 4.73. The molecule has 0 atom stereocenters. The van der Waals surface area contributed by atoms with Gasteiger partial charge in [0.05, 0.1) is 17.9 Å². The third-order valence-corrected chi connectivity index (χ3v) is 5.81. The molecule has 174 valence electrons. The van der Waals surface area contributed by atoms with Crippen LogP contribution in [0.15, 0.2) is 35.5 Å². The lowest BCUT2D eigenvalue weighted by Gasteiger charge is -2.18. The number of aryl methyl sites for hydroxylation is 2. The quantitative estimate of drug-likeness (QED) is 0.344. The van der Waals surface area contributed by atoms with Gasteiger partial charge in [-0.05, 0) is 69.7 Å². The molecule has 1 heterocycles. The van der Waals surface area contributed by atoms with Gasteiger partial charge in [0.25, 0.3) is 5.91 Å². The summed E-state index contributed by atoms with van der Waals surface area (Å²) in [5.41, 5.74) is 3.38. The van der Waals surface area contributed by atoms with Crippen molar-refractivity contribution in [2.45, 2.75) is 53.4 Å². The minimum absolute atomic E-state index is 0.122. The van der Waals surface area contributed by atoms with Crippen molar-refractivity contribution >= 4 is 29.2 Å². The Morgan fingerprint density at radius 2 is 1.81 bits per heavy atom. The summed E-state index contributed by atoms with van der Waals surface area (Å²) >= 11 is 6.63. The summed E-state index contributed by atoms with van der Waals surface area (Å²) in [6.45, 7) is 9.03. The zero-order chi connectivity index (χ0) is 23.5. The molecule has 0 radical (unpaired) electrons. The molecule has 32 heavy (non-hydrogen) atoms. The zero-order valence-corrected chi connectivity index (χ0v) is 20.2. The number of fused-ring (bicyclic) bond motifs is 1. The van der Waals surface area contributed by atoms with E-state index in [0.717, 1.165) is 24.0 Å². The lowest BCUT2D eigenvalue weighted by molar-refractivity contribution is -0.135. The first-order chi connectivity index (χ1) is 15.4. The van der Waals surface area contributed by atoms with Crippen LogP contribution in [0.2, 0.25) is 5.02 Å². The van der Waals surface area contributed by atoms with E-state index in [1.54, 1.807) is 4.90 Å². The van der Waals surface area contributed by atoms with Gasteiger partial charge in [0, 0.05) is 24.5 Å². The van der Waals surface area contributed by atoms with E-state index in [9.17, 15) is 9.59 Å². The van der Waals surface area contributed by atoms with Gasteiger partial charge in [-0.25, -0.2) is 4.79 Å². The van der Waals surface area contributed by atoms with Crippen molar-refractivity contribution < 1.29 is 19.2 Å². The molecule has 0 bridgehead atoms. The highest BCUT2D eigenvalue weighted by molar-refractivity contribution is 6.33. The van der Waals surface area contributed by atoms with Crippen molar-refractivity contribution in [1.29, 1.82) is 0 Å². The number of cyclic esters (lactones) is 1. The minimum Gasteiger partial charge on any atom is -0.462 e. The molecular weight excluding hydrogens is 428 g/mol. The van der Waals surface area contributed by atoms with Gasteiger partial charge in [-0.2, -0.15) is 0 Å². The zero-order valence-electron chi connectivity index (χ0n) is 19.4. The topological polar surface area (TPSA) is 68.2 Å². The van der Waals surface area contributed by atoms with Crippen molar-refractivity contribution in [3.05, 3.63) is 57.6 Å². The molecule has 1 aromatic carbocycles. The average molecular weight is 461 g/mol. The lowest BCUT2D eigenvalue weighted by atomic mass is 9.94. The largest absolute Gasteiger partial charge is 0.462 e. The summed E-state index contributed by atoms with van der Waals surface area (Å²) in [4.78, 5) is 32.2. The fourth-order valence-electron chi connectivity index (χ4n) is 3.58. The van der Waals surface area contributed by atoms with Gasteiger partial charge in [-0.3, -0.25) is 4.79 Å². The monoisotopic (exact) mass is 460 g/mol. The highest BCUT2D eigenvalue weighted by Crippen LogP contribution is 2.29. The van der Waals surface area contributed by atoms with Crippen molar-refractivity contribution in [3.8, 4) is 0 Å². The first-order valence-corrected chi connectivity index (χ1v) is 11.5. The van der Waals surface area contributed by atoms with E-state index >= 15 is 0 Å². The predicted molar refractivity (Wildman–Crippen MR) is 128 cm³/mol. The van der Waals surface area contributed by atoms with Crippen LogP contribution in [0.5, 0.6) is 0 Å². The summed E-state index contributed by atoms with van der Waals surface area (Å²) in [6, 6.07) is 1.89. The summed E-state index contributed by atoms with van der Waals surface area (Å²) in [6.07, 6.45) is 10.6. The van der Waals surface area contributed by atoms with E-state index in [1.807, 2.05) is 52.0 Å². The maximum Gasteiger partial charge on any atom is 0.338 e. The van der Waals surface area contributed by atoms with Crippen LogP contribution >= 0.6 is 11.6 Å². The van der Waals surface area contributed by atoms with Crippen molar-refractivity contribution in [3.63, 3.8) is 0 Å². The Morgan fingerprint density at radius 3 is 2.53 bits per heavy atom. The molecule has 2 rings (SSSR count). The molecular formula is C25H33ClN2O4. The number of nitrogens with zero attached hydrogens (tertiary/aromatic N) is 2. The maximum absolute atomic E-state index is 12.9. The van der Waals surface area contributed by atoms with E-state index in [4.69, 9.17) is 21.2 Å². The van der Waals surface area contributed by atoms with Crippen LogP contribution in [0.3, 0.4) is 0 Å². The maximum atomic E-state index is 12.9. The third kappa shape index (κ3) is 7.23. The Balaban J connectivity index is 2.39. The number of esters is 1. The van der Waals surface area contributed by atoms with Crippen molar-refractivity contribution in [1.82, 2.24) is 4.90 Å². The predicted octanol–water partition coefficient (Wildman–Crippen LogP) is 5.19. The van der Waals surface area contributed by atoms with E-state index < -0.39 is 5.97 Å². The van der Waals surface area contributed by atoms with Gasteiger partial charge in [0.15, 0.2) is 6.61 Å². The van der Waals surface area contributed by atoms with Gasteiger partial charge in [-0.15, -0.1) is 0 Å². The molecule has 0 fully saturated rings.